The van der Waals surface area contributed by atoms with Crippen LogP contribution in [0.2, 0.25) is 0 Å². The van der Waals surface area contributed by atoms with E-state index in [-0.39, 0.29) is 10.8 Å². The van der Waals surface area contributed by atoms with Crippen LogP contribution in [0.25, 0.3) is 0 Å². The second kappa shape index (κ2) is 7.77. The Kier molecular flexibility index (Phi) is 6.56. The van der Waals surface area contributed by atoms with Gasteiger partial charge in [-0.15, -0.1) is 0 Å². The molecular formula is C22H33N. The number of hydrogen-bond donors (Lipinski definition) is 0. The molecular weight excluding hydrogens is 278 g/mol. The van der Waals surface area contributed by atoms with Gasteiger partial charge in [0.15, 0.2) is 0 Å². The van der Waals surface area contributed by atoms with Crippen molar-refractivity contribution in [3.05, 3.63) is 60.4 Å². The Morgan fingerprint density at radius 3 is 2.35 bits per heavy atom. The van der Waals surface area contributed by atoms with E-state index in [0.717, 1.165) is 36.1 Å². The molecule has 1 rings (SSSR count). The van der Waals surface area contributed by atoms with Crippen LogP contribution >= 0.6 is 0 Å². The maximum atomic E-state index is 4.46. The second-order valence-electron chi connectivity index (χ2n) is 8.44. The molecule has 0 amide bonds. The van der Waals surface area contributed by atoms with Gasteiger partial charge in [-0.05, 0) is 35.3 Å². The van der Waals surface area contributed by atoms with Crippen molar-refractivity contribution in [2.24, 2.45) is 15.8 Å². The number of allylic oxidation sites excluding steroid dienone is 7. The molecule has 0 aromatic carbocycles. The van der Waals surface area contributed by atoms with E-state index in [0.29, 0.717) is 0 Å². The van der Waals surface area contributed by atoms with Crippen LogP contribution in [0, 0.1) is 10.8 Å². The van der Waals surface area contributed by atoms with Gasteiger partial charge in [-0.2, -0.15) is 0 Å². The van der Waals surface area contributed by atoms with Gasteiger partial charge in [0.05, 0.1) is 5.71 Å². The predicted octanol–water partition coefficient (Wildman–Crippen LogP) is 6.81. The monoisotopic (exact) mass is 311 g/mol. The first kappa shape index (κ1) is 19.4. The highest BCUT2D eigenvalue weighted by Crippen LogP contribution is 2.31. The molecule has 1 aliphatic rings. The number of hydrogen-bond acceptors (Lipinski definition) is 1. The first-order valence-electron chi connectivity index (χ1n) is 8.53. The van der Waals surface area contributed by atoms with Crippen molar-refractivity contribution in [1.29, 1.82) is 0 Å². The van der Waals surface area contributed by atoms with Gasteiger partial charge in [-0.1, -0.05) is 84.9 Å². The van der Waals surface area contributed by atoms with E-state index >= 15 is 0 Å². The third-order valence-corrected chi connectivity index (χ3v) is 4.08. The van der Waals surface area contributed by atoms with E-state index in [1.165, 1.54) is 5.57 Å². The topological polar surface area (TPSA) is 12.4 Å². The molecule has 0 bridgehead atoms. The number of rotatable bonds is 6. The SMILES string of the molecule is C=C/N=C1/C=C(CC(C)(C)C)C=C/C1=C/C(=C)CC(C)(C)CC. The summed E-state index contributed by atoms with van der Waals surface area (Å²) < 4.78 is 0. The molecule has 0 saturated carbocycles. The van der Waals surface area contributed by atoms with Gasteiger partial charge >= 0.3 is 0 Å². The Morgan fingerprint density at radius 1 is 1.17 bits per heavy atom. The Hall–Kier alpha value is -1.63. The number of nitrogens with zero attached hydrogens (tertiary/aromatic N) is 1. The highest BCUT2D eigenvalue weighted by atomic mass is 14.7. The first-order valence-corrected chi connectivity index (χ1v) is 8.53. The molecule has 0 atom stereocenters. The molecule has 1 heteroatoms. The lowest BCUT2D eigenvalue weighted by Gasteiger charge is -2.23. The molecule has 0 saturated heterocycles. The Balaban J connectivity index is 2.99. The molecule has 0 heterocycles. The zero-order valence-electron chi connectivity index (χ0n) is 15.9. The summed E-state index contributed by atoms with van der Waals surface area (Å²) in [5, 5.41) is 0. The minimum atomic E-state index is 0.269. The molecule has 0 spiro atoms. The molecule has 23 heavy (non-hydrogen) atoms. The van der Waals surface area contributed by atoms with Crippen molar-refractivity contribution in [3.63, 3.8) is 0 Å². The van der Waals surface area contributed by atoms with Crippen molar-refractivity contribution in [1.82, 2.24) is 0 Å². The van der Waals surface area contributed by atoms with Crippen LogP contribution in [0.1, 0.15) is 60.8 Å². The van der Waals surface area contributed by atoms with E-state index < -0.39 is 0 Å². The summed E-state index contributed by atoms with van der Waals surface area (Å²) in [6, 6.07) is 0. The maximum Gasteiger partial charge on any atom is 0.0704 e. The fourth-order valence-corrected chi connectivity index (χ4v) is 2.65. The Labute approximate surface area is 143 Å². The molecule has 0 unspecified atom stereocenters. The van der Waals surface area contributed by atoms with Gasteiger partial charge in [-0.25, -0.2) is 0 Å². The van der Waals surface area contributed by atoms with Crippen molar-refractivity contribution in [3.8, 4) is 0 Å². The van der Waals surface area contributed by atoms with Crippen LogP contribution in [-0.4, -0.2) is 5.71 Å². The summed E-state index contributed by atoms with van der Waals surface area (Å²) in [6.45, 7) is 21.6. The molecule has 0 fully saturated rings. The zero-order valence-corrected chi connectivity index (χ0v) is 15.9. The average molecular weight is 312 g/mol. The molecule has 0 aliphatic heterocycles. The lowest BCUT2D eigenvalue weighted by Crippen LogP contribution is -2.11. The zero-order chi connectivity index (χ0) is 17.7. The molecule has 0 radical (unpaired) electrons. The quantitative estimate of drug-likeness (QED) is 0.511. The van der Waals surface area contributed by atoms with Gasteiger partial charge in [0, 0.05) is 11.8 Å². The van der Waals surface area contributed by atoms with Crippen molar-refractivity contribution < 1.29 is 0 Å². The van der Waals surface area contributed by atoms with Crippen LogP contribution in [0.3, 0.4) is 0 Å². The van der Waals surface area contributed by atoms with Gasteiger partial charge in [0.2, 0.25) is 0 Å². The fraction of sp³-hybridized carbons (Fsp3) is 0.500. The summed E-state index contributed by atoms with van der Waals surface area (Å²) in [6.07, 6.45) is 13.5. The van der Waals surface area contributed by atoms with Gasteiger partial charge in [-0.3, -0.25) is 4.99 Å². The number of aliphatic imine (C=N–C) groups is 1. The molecule has 0 aromatic rings. The van der Waals surface area contributed by atoms with Crippen LogP contribution in [0.5, 0.6) is 0 Å². The predicted molar refractivity (Wildman–Crippen MR) is 105 cm³/mol. The lowest BCUT2D eigenvalue weighted by atomic mass is 9.82. The summed E-state index contributed by atoms with van der Waals surface area (Å²) in [7, 11) is 0. The first-order chi connectivity index (χ1) is 10.6. The van der Waals surface area contributed by atoms with E-state index in [1.54, 1.807) is 6.20 Å². The second-order valence-corrected chi connectivity index (χ2v) is 8.44. The van der Waals surface area contributed by atoms with Crippen molar-refractivity contribution >= 4 is 5.71 Å². The van der Waals surface area contributed by atoms with Crippen LogP contribution in [-0.2, 0) is 0 Å². The van der Waals surface area contributed by atoms with Crippen molar-refractivity contribution in [2.75, 3.05) is 0 Å². The van der Waals surface area contributed by atoms with Crippen LogP contribution in [0.15, 0.2) is 65.4 Å². The normalized spacial score (nSPS) is 19.1. The Morgan fingerprint density at radius 2 is 1.83 bits per heavy atom. The average Bonchev–Trinajstić information content (AvgIpc) is 2.39. The maximum absolute atomic E-state index is 4.46. The fourth-order valence-electron chi connectivity index (χ4n) is 2.65. The molecule has 1 nitrogen and oxygen atoms in total. The third-order valence-electron chi connectivity index (χ3n) is 4.08. The van der Waals surface area contributed by atoms with E-state index in [2.05, 4.69) is 84.0 Å². The highest BCUT2D eigenvalue weighted by molar-refractivity contribution is 6.12. The van der Waals surface area contributed by atoms with Crippen LogP contribution in [0.4, 0.5) is 0 Å². The standard InChI is InChI=1S/C22H33N/c1-9-22(7,8)15-17(3)13-19-12-11-18(16-21(4,5)6)14-20(19)23-10-2/h10-14H,2-3,9,15-16H2,1,4-8H3/b19-13-,23-20-. The minimum absolute atomic E-state index is 0.269. The molecule has 1 aliphatic carbocycles. The van der Waals surface area contributed by atoms with E-state index in [1.807, 2.05) is 0 Å². The summed E-state index contributed by atoms with van der Waals surface area (Å²) in [5.41, 5.74) is 5.13. The molecule has 0 aromatic heterocycles. The summed E-state index contributed by atoms with van der Waals surface area (Å²) in [5.74, 6) is 0. The smallest absolute Gasteiger partial charge is 0.0704 e. The van der Waals surface area contributed by atoms with E-state index in [4.69, 9.17) is 0 Å². The van der Waals surface area contributed by atoms with Gasteiger partial charge in [0.1, 0.15) is 0 Å². The third kappa shape index (κ3) is 6.99. The van der Waals surface area contributed by atoms with Gasteiger partial charge < -0.3 is 0 Å². The van der Waals surface area contributed by atoms with Crippen LogP contribution < -0.4 is 0 Å². The summed E-state index contributed by atoms with van der Waals surface area (Å²) >= 11 is 0. The lowest BCUT2D eigenvalue weighted by molar-refractivity contribution is 0.351. The Bertz CT molecular complexity index is 572. The van der Waals surface area contributed by atoms with Crippen molar-refractivity contribution in [2.45, 2.75) is 60.8 Å². The minimum Gasteiger partial charge on any atom is -0.257 e. The summed E-state index contributed by atoms with van der Waals surface area (Å²) in [4.78, 5) is 4.46. The molecule has 0 N–H and O–H groups in total. The van der Waals surface area contributed by atoms with E-state index in [9.17, 15) is 0 Å². The van der Waals surface area contributed by atoms with Gasteiger partial charge in [0.25, 0.3) is 0 Å². The largest absolute Gasteiger partial charge is 0.257 e. The molecule has 126 valence electrons. The highest BCUT2D eigenvalue weighted by Gasteiger charge is 2.18.